The van der Waals surface area contributed by atoms with E-state index in [-0.39, 0.29) is 12.2 Å². The van der Waals surface area contributed by atoms with Gasteiger partial charge in [0, 0.05) is 11.1 Å². The lowest BCUT2D eigenvalue weighted by Gasteiger charge is -2.03. The molecule has 2 aromatic rings. The molecular weight excluding hydrogens is 272 g/mol. The summed E-state index contributed by atoms with van der Waals surface area (Å²) in [6, 6.07) is 13.8. The van der Waals surface area contributed by atoms with Crippen molar-refractivity contribution in [3.8, 4) is 0 Å². The highest BCUT2D eigenvalue weighted by Gasteiger charge is 2.05. The van der Waals surface area contributed by atoms with Gasteiger partial charge in [0.25, 0.3) is 6.43 Å². The van der Waals surface area contributed by atoms with Crippen LogP contribution in [0.15, 0.2) is 53.7 Å². The van der Waals surface area contributed by atoms with Gasteiger partial charge in [-0.15, -0.1) is 0 Å². The van der Waals surface area contributed by atoms with E-state index >= 15 is 0 Å². The minimum atomic E-state index is -2.45. The minimum Gasteiger partial charge on any atom is -0.390 e. The van der Waals surface area contributed by atoms with Gasteiger partial charge < -0.3 is 4.84 Å². The molecule has 2 nitrogen and oxygen atoms in total. The Morgan fingerprint density at radius 1 is 1.10 bits per heavy atom. The summed E-state index contributed by atoms with van der Waals surface area (Å²) in [5.74, 6) is 0. The summed E-state index contributed by atoms with van der Waals surface area (Å²) < 4.78 is 24.8. The number of rotatable bonds is 6. The average molecular weight is 288 g/mol. The van der Waals surface area contributed by atoms with Gasteiger partial charge in [-0.2, -0.15) is 0 Å². The third-order valence-electron chi connectivity index (χ3n) is 3.09. The summed E-state index contributed by atoms with van der Waals surface area (Å²) in [7, 11) is 0. The van der Waals surface area contributed by atoms with Crippen LogP contribution in [0.5, 0.6) is 0 Å². The van der Waals surface area contributed by atoms with E-state index in [9.17, 15) is 8.78 Å². The quantitative estimate of drug-likeness (QED) is 0.561. The van der Waals surface area contributed by atoms with E-state index in [0.29, 0.717) is 0 Å². The van der Waals surface area contributed by atoms with Crippen LogP contribution in [0.2, 0.25) is 0 Å². The van der Waals surface area contributed by atoms with Gasteiger partial charge in [0.1, 0.15) is 12.8 Å². The lowest BCUT2D eigenvalue weighted by molar-refractivity contribution is 0.131. The smallest absolute Gasteiger partial charge is 0.263 e. The Labute approximate surface area is 123 Å². The molecule has 0 heterocycles. The number of benzene rings is 2. The molecule has 0 aliphatic rings. The molecule has 109 valence electrons. The summed E-state index contributed by atoms with van der Waals surface area (Å²) in [6.45, 7) is 2.29. The first-order valence-electron chi connectivity index (χ1n) is 6.73. The summed E-state index contributed by atoms with van der Waals surface area (Å²) in [5.41, 5.74) is 2.83. The molecule has 0 spiro atoms. The van der Waals surface area contributed by atoms with Crippen LogP contribution in [0.1, 0.15) is 35.6 Å². The van der Waals surface area contributed by atoms with Crippen molar-refractivity contribution in [3.63, 3.8) is 0 Å². The van der Waals surface area contributed by atoms with Crippen LogP contribution in [0, 0.1) is 0 Å². The second-order valence-corrected chi connectivity index (χ2v) is 4.53. The summed E-state index contributed by atoms with van der Waals surface area (Å²) in [5, 5.41) is 3.80. The number of alkyl halides is 2. The first kappa shape index (κ1) is 15.2. The van der Waals surface area contributed by atoms with E-state index in [0.717, 1.165) is 23.1 Å². The molecule has 4 heteroatoms. The summed E-state index contributed by atoms with van der Waals surface area (Å²) in [6.07, 6.45) is 1.30. The lowest BCUT2D eigenvalue weighted by Crippen LogP contribution is -1.92. The number of halogens is 2. The molecule has 21 heavy (non-hydrogen) atoms. The predicted octanol–water partition coefficient (Wildman–Crippen LogP) is 4.61. The van der Waals surface area contributed by atoms with Crippen molar-refractivity contribution in [2.24, 2.45) is 5.16 Å². The third-order valence-corrected chi connectivity index (χ3v) is 3.09. The van der Waals surface area contributed by atoms with Crippen LogP contribution in [0.25, 0.3) is 0 Å². The van der Waals surface area contributed by atoms with Crippen LogP contribution in [-0.2, 0) is 17.9 Å². The van der Waals surface area contributed by atoms with E-state index in [1.165, 1.54) is 12.1 Å². The zero-order valence-corrected chi connectivity index (χ0v) is 11.7. The molecule has 2 rings (SSSR count). The zero-order chi connectivity index (χ0) is 15.1. The van der Waals surface area contributed by atoms with E-state index in [1.807, 2.05) is 24.3 Å². The van der Waals surface area contributed by atoms with Gasteiger partial charge in [0.05, 0.1) is 0 Å². The maximum atomic E-state index is 12.4. The van der Waals surface area contributed by atoms with E-state index in [4.69, 9.17) is 4.84 Å². The number of hydrogen-bond acceptors (Lipinski definition) is 2. The largest absolute Gasteiger partial charge is 0.390 e. The number of aryl methyl sites for hydroxylation is 1. The fraction of sp³-hybridized carbons (Fsp3) is 0.235. The molecule has 0 aromatic heterocycles. The molecular formula is C17H16F2NO. The number of nitrogens with zero attached hydrogens (tertiary/aromatic N) is 1. The number of hydrogen-bond donors (Lipinski definition) is 0. The second-order valence-electron chi connectivity index (χ2n) is 4.53. The topological polar surface area (TPSA) is 21.6 Å². The summed E-state index contributed by atoms with van der Waals surface area (Å²) >= 11 is 0. The van der Waals surface area contributed by atoms with Crippen LogP contribution < -0.4 is 0 Å². The normalized spacial score (nSPS) is 11.2. The van der Waals surface area contributed by atoms with Gasteiger partial charge in [-0.1, -0.05) is 60.6 Å². The molecule has 0 bridgehead atoms. The molecule has 0 unspecified atom stereocenters. The van der Waals surface area contributed by atoms with E-state index in [2.05, 4.69) is 18.3 Å². The molecule has 0 saturated carbocycles. The fourth-order valence-electron chi connectivity index (χ4n) is 1.89. The maximum absolute atomic E-state index is 12.4. The standard InChI is InChI=1S/C17H16F2NO/c1-2-14-5-3-4-6-16(14)11-20-21-12-13-7-9-15(10-8-13)17(18)19/h3-10,17H,2,12H2,1H3. The first-order chi connectivity index (χ1) is 10.2. The van der Waals surface area contributed by atoms with Crippen LogP contribution in [0.3, 0.4) is 0 Å². The van der Waals surface area contributed by atoms with Crippen molar-refractivity contribution in [1.29, 1.82) is 0 Å². The zero-order valence-electron chi connectivity index (χ0n) is 11.7. The van der Waals surface area contributed by atoms with Gasteiger partial charge >= 0.3 is 0 Å². The fourth-order valence-corrected chi connectivity index (χ4v) is 1.89. The molecule has 0 aliphatic carbocycles. The maximum Gasteiger partial charge on any atom is 0.263 e. The monoisotopic (exact) mass is 288 g/mol. The Bertz CT molecular complexity index is 594. The van der Waals surface area contributed by atoms with Crippen LogP contribution in [-0.4, -0.2) is 6.21 Å². The highest BCUT2D eigenvalue weighted by atomic mass is 19.3. The van der Waals surface area contributed by atoms with Crippen molar-refractivity contribution < 1.29 is 13.6 Å². The van der Waals surface area contributed by atoms with Crippen LogP contribution >= 0.6 is 0 Å². The minimum absolute atomic E-state index is 0.00527. The molecule has 1 radical (unpaired) electrons. The Hall–Kier alpha value is -2.23. The van der Waals surface area contributed by atoms with Crippen molar-refractivity contribution in [1.82, 2.24) is 0 Å². The van der Waals surface area contributed by atoms with Crippen LogP contribution in [0.4, 0.5) is 8.78 Å². The van der Waals surface area contributed by atoms with Crippen molar-refractivity contribution in [2.75, 3.05) is 0 Å². The third kappa shape index (κ3) is 4.38. The van der Waals surface area contributed by atoms with Crippen molar-refractivity contribution >= 4 is 6.21 Å². The summed E-state index contributed by atoms with van der Waals surface area (Å²) in [4.78, 5) is 5.15. The van der Waals surface area contributed by atoms with Crippen molar-refractivity contribution in [3.05, 3.63) is 70.8 Å². The van der Waals surface area contributed by atoms with E-state index in [1.54, 1.807) is 12.1 Å². The highest BCUT2D eigenvalue weighted by Crippen LogP contribution is 2.18. The molecule has 0 atom stereocenters. The van der Waals surface area contributed by atoms with Gasteiger partial charge in [-0.05, 0) is 17.5 Å². The van der Waals surface area contributed by atoms with E-state index < -0.39 is 6.43 Å². The first-order valence-corrected chi connectivity index (χ1v) is 6.73. The molecule has 0 N–H and O–H groups in total. The predicted molar refractivity (Wildman–Crippen MR) is 78.5 cm³/mol. The van der Waals surface area contributed by atoms with Gasteiger partial charge in [-0.25, -0.2) is 8.78 Å². The molecule has 2 aromatic carbocycles. The molecule has 0 amide bonds. The van der Waals surface area contributed by atoms with Gasteiger partial charge in [0.15, 0.2) is 0 Å². The van der Waals surface area contributed by atoms with Gasteiger partial charge in [0.2, 0.25) is 0 Å². The Morgan fingerprint density at radius 3 is 2.48 bits per heavy atom. The van der Waals surface area contributed by atoms with Gasteiger partial charge in [-0.3, -0.25) is 0 Å². The second kappa shape index (κ2) is 7.53. The molecule has 0 aliphatic heterocycles. The Balaban J connectivity index is 1.90. The molecule has 0 fully saturated rings. The average Bonchev–Trinajstić information content (AvgIpc) is 2.52. The van der Waals surface area contributed by atoms with Crippen molar-refractivity contribution in [2.45, 2.75) is 26.4 Å². The highest BCUT2D eigenvalue weighted by molar-refractivity contribution is 5.81. The Morgan fingerprint density at radius 2 is 1.81 bits per heavy atom. The molecule has 0 saturated heterocycles. The lowest BCUT2D eigenvalue weighted by atomic mass is 10.1. The SMILES string of the molecule is CCc1ccccc1/[C]=N\OCc1ccc(C(F)F)cc1. The Kier molecular flexibility index (Phi) is 5.43.